The van der Waals surface area contributed by atoms with Crippen LogP contribution in [0.5, 0.6) is 0 Å². The first kappa shape index (κ1) is 11.4. The number of halogens is 2. The summed E-state index contributed by atoms with van der Waals surface area (Å²) in [7, 11) is 0. The molecule has 1 aliphatic rings. The molecular weight excluding hydrogens is 229 g/mol. The number of hydrogen-bond acceptors (Lipinski definition) is 1. The van der Waals surface area contributed by atoms with Crippen molar-refractivity contribution in [3.8, 4) is 0 Å². The zero-order valence-corrected chi connectivity index (χ0v) is 9.58. The molecule has 1 aromatic rings. The maximum atomic E-state index is 12.7. The van der Waals surface area contributed by atoms with Gasteiger partial charge in [0, 0.05) is 24.0 Å². The van der Waals surface area contributed by atoms with Gasteiger partial charge in [-0.05, 0) is 37.1 Å². The highest BCUT2D eigenvalue weighted by Gasteiger charge is 2.28. The molecule has 1 aromatic carbocycles. The summed E-state index contributed by atoms with van der Waals surface area (Å²) in [5, 5.41) is 0. The van der Waals surface area contributed by atoms with Crippen molar-refractivity contribution in [3.05, 3.63) is 35.6 Å². The van der Waals surface area contributed by atoms with E-state index in [1.165, 1.54) is 24.3 Å². The highest BCUT2D eigenvalue weighted by atomic mass is 35.5. The number of alkyl halides is 1. The Balaban J connectivity index is 2.15. The first-order valence-corrected chi connectivity index (χ1v) is 5.88. The van der Waals surface area contributed by atoms with E-state index in [1.807, 2.05) is 0 Å². The highest BCUT2D eigenvalue weighted by molar-refractivity contribution is 6.18. The Morgan fingerprint density at radius 3 is 2.75 bits per heavy atom. The van der Waals surface area contributed by atoms with Crippen LogP contribution in [-0.4, -0.2) is 29.3 Å². The lowest BCUT2D eigenvalue weighted by Crippen LogP contribution is -2.36. The zero-order chi connectivity index (χ0) is 11.5. The summed E-state index contributed by atoms with van der Waals surface area (Å²) in [4.78, 5) is 13.9. The monoisotopic (exact) mass is 241 g/mol. The summed E-state index contributed by atoms with van der Waals surface area (Å²) in [6, 6.07) is 5.76. The molecule has 1 amide bonds. The van der Waals surface area contributed by atoms with Crippen molar-refractivity contribution in [2.24, 2.45) is 0 Å². The number of benzene rings is 1. The van der Waals surface area contributed by atoms with Gasteiger partial charge >= 0.3 is 0 Å². The number of amides is 1. The lowest BCUT2D eigenvalue weighted by Gasteiger charge is -2.22. The van der Waals surface area contributed by atoms with Gasteiger partial charge in [0.2, 0.25) is 0 Å². The van der Waals surface area contributed by atoms with Crippen LogP contribution in [0.3, 0.4) is 0 Å². The fourth-order valence-electron chi connectivity index (χ4n) is 2.02. The molecule has 16 heavy (non-hydrogen) atoms. The molecule has 1 saturated heterocycles. The molecule has 1 atom stereocenters. The molecular formula is C12H13ClFNO. The Morgan fingerprint density at radius 1 is 1.44 bits per heavy atom. The van der Waals surface area contributed by atoms with Gasteiger partial charge in [0.05, 0.1) is 0 Å². The second kappa shape index (κ2) is 4.83. The molecule has 0 aliphatic carbocycles. The SMILES string of the molecule is O=C(c1ccc(F)cc1)N1CCCC1CCl. The summed E-state index contributed by atoms with van der Waals surface area (Å²) in [6.45, 7) is 0.744. The molecule has 0 bridgehead atoms. The van der Waals surface area contributed by atoms with Crippen LogP contribution < -0.4 is 0 Å². The number of carbonyl (C=O) groups excluding carboxylic acids is 1. The van der Waals surface area contributed by atoms with Gasteiger partial charge in [-0.3, -0.25) is 4.79 Å². The van der Waals surface area contributed by atoms with E-state index in [1.54, 1.807) is 4.90 Å². The van der Waals surface area contributed by atoms with Gasteiger partial charge in [0.15, 0.2) is 0 Å². The van der Waals surface area contributed by atoms with E-state index in [4.69, 9.17) is 11.6 Å². The maximum Gasteiger partial charge on any atom is 0.254 e. The summed E-state index contributed by atoms with van der Waals surface area (Å²) >= 11 is 5.81. The van der Waals surface area contributed by atoms with E-state index in [0.29, 0.717) is 11.4 Å². The van der Waals surface area contributed by atoms with Crippen molar-refractivity contribution in [2.75, 3.05) is 12.4 Å². The topological polar surface area (TPSA) is 20.3 Å². The lowest BCUT2D eigenvalue weighted by molar-refractivity contribution is 0.0749. The van der Waals surface area contributed by atoms with Crippen LogP contribution in [0.2, 0.25) is 0 Å². The second-order valence-electron chi connectivity index (χ2n) is 3.96. The number of carbonyl (C=O) groups is 1. The molecule has 86 valence electrons. The molecule has 4 heteroatoms. The van der Waals surface area contributed by atoms with Crippen LogP contribution in [0, 0.1) is 5.82 Å². The predicted octanol–water partition coefficient (Wildman–Crippen LogP) is 2.67. The second-order valence-corrected chi connectivity index (χ2v) is 4.26. The molecule has 0 radical (unpaired) electrons. The third kappa shape index (κ3) is 2.19. The van der Waals surface area contributed by atoms with Crippen molar-refractivity contribution in [1.82, 2.24) is 4.90 Å². The molecule has 1 unspecified atom stereocenters. The van der Waals surface area contributed by atoms with Gasteiger partial charge in [-0.1, -0.05) is 0 Å². The van der Waals surface area contributed by atoms with Crippen LogP contribution in [0.4, 0.5) is 4.39 Å². The maximum absolute atomic E-state index is 12.7. The van der Waals surface area contributed by atoms with E-state index in [9.17, 15) is 9.18 Å². The highest BCUT2D eigenvalue weighted by Crippen LogP contribution is 2.21. The van der Waals surface area contributed by atoms with E-state index in [0.717, 1.165) is 19.4 Å². The van der Waals surface area contributed by atoms with Crippen LogP contribution in [-0.2, 0) is 0 Å². The molecule has 1 heterocycles. The smallest absolute Gasteiger partial charge is 0.254 e. The Kier molecular flexibility index (Phi) is 3.44. The standard InChI is InChI=1S/C12H13ClFNO/c13-8-11-2-1-7-15(11)12(16)9-3-5-10(14)6-4-9/h3-6,11H,1-2,7-8H2. The van der Waals surface area contributed by atoms with Crippen molar-refractivity contribution in [2.45, 2.75) is 18.9 Å². The zero-order valence-electron chi connectivity index (χ0n) is 8.83. The third-order valence-electron chi connectivity index (χ3n) is 2.91. The number of nitrogens with zero attached hydrogens (tertiary/aromatic N) is 1. The number of rotatable bonds is 2. The summed E-state index contributed by atoms with van der Waals surface area (Å²) < 4.78 is 12.7. The van der Waals surface area contributed by atoms with Crippen LogP contribution in [0.15, 0.2) is 24.3 Å². The first-order valence-electron chi connectivity index (χ1n) is 5.35. The van der Waals surface area contributed by atoms with Crippen molar-refractivity contribution in [3.63, 3.8) is 0 Å². The minimum atomic E-state index is -0.327. The van der Waals surface area contributed by atoms with Gasteiger partial charge in [-0.15, -0.1) is 11.6 Å². The Labute approximate surface area is 99.0 Å². The molecule has 0 saturated carbocycles. The van der Waals surface area contributed by atoms with E-state index < -0.39 is 0 Å². The largest absolute Gasteiger partial charge is 0.334 e. The van der Waals surface area contributed by atoms with Crippen LogP contribution >= 0.6 is 11.6 Å². The minimum Gasteiger partial charge on any atom is -0.334 e. The van der Waals surface area contributed by atoms with Gasteiger partial charge in [0.1, 0.15) is 5.82 Å². The third-order valence-corrected chi connectivity index (χ3v) is 3.26. The van der Waals surface area contributed by atoms with Crippen LogP contribution in [0.25, 0.3) is 0 Å². The van der Waals surface area contributed by atoms with E-state index >= 15 is 0 Å². The van der Waals surface area contributed by atoms with E-state index in [2.05, 4.69) is 0 Å². The fourth-order valence-corrected chi connectivity index (χ4v) is 2.34. The minimum absolute atomic E-state index is 0.0526. The van der Waals surface area contributed by atoms with Crippen LogP contribution in [0.1, 0.15) is 23.2 Å². The first-order chi connectivity index (χ1) is 7.72. The normalized spacial score (nSPS) is 20.1. The van der Waals surface area contributed by atoms with Crippen molar-refractivity contribution >= 4 is 17.5 Å². The quantitative estimate of drug-likeness (QED) is 0.729. The summed E-state index contributed by atoms with van der Waals surface area (Å²) in [5.41, 5.74) is 0.526. The molecule has 1 fully saturated rings. The number of likely N-dealkylation sites (tertiary alicyclic amines) is 1. The van der Waals surface area contributed by atoms with Crippen molar-refractivity contribution in [1.29, 1.82) is 0 Å². The summed E-state index contributed by atoms with van der Waals surface area (Å²) in [5.74, 6) is 0.0856. The van der Waals surface area contributed by atoms with E-state index in [-0.39, 0.29) is 17.8 Å². The van der Waals surface area contributed by atoms with Gasteiger partial charge in [0.25, 0.3) is 5.91 Å². The molecule has 0 N–H and O–H groups in total. The molecule has 0 aromatic heterocycles. The molecule has 1 aliphatic heterocycles. The average Bonchev–Trinajstić information content (AvgIpc) is 2.77. The van der Waals surface area contributed by atoms with Crippen molar-refractivity contribution < 1.29 is 9.18 Å². The molecule has 2 nitrogen and oxygen atoms in total. The fraction of sp³-hybridized carbons (Fsp3) is 0.417. The van der Waals surface area contributed by atoms with Gasteiger partial charge < -0.3 is 4.90 Å². The molecule has 2 rings (SSSR count). The average molecular weight is 242 g/mol. The number of hydrogen-bond donors (Lipinski definition) is 0. The Hall–Kier alpha value is -1.09. The Bertz CT molecular complexity index is 379. The predicted molar refractivity (Wildman–Crippen MR) is 61.2 cm³/mol. The van der Waals surface area contributed by atoms with Gasteiger partial charge in [-0.25, -0.2) is 4.39 Å². The molecule has 0 spiro atoms. The van der Waals surface area contributed by atoms with Gasteiger partial charge in [-0.2, -0.15) is 0 Å². The lowest BCUT2D eigenvalue weighted by atomic mass is 10.2. The summed E-state index contributed by atoms with van der Waals surface area (Å²) in [6.07, 6.45) is 1.95. The Morgan fingerprint density at radius 2 is 2.12 bits per heavy atom.